The molecule has 1 aliphatic heterocycles. The lowest BCUT2D eigenvalue weighted by Crippen LogP contribution is -2.37. The number of hydrogen-bond acceptors (Lipinski definition) is 3. The zero-order valence-corrected chi connectivity index (χ0v) is 18.5. The van der Waals surface area contributed by atoms with Crippen molar-refractivity contribution < 1.29 is 4.39 Å². The van der Waals surface area contributed by atoms with Crippen molar-refractivity contribution in [1.29, 1.82) is 0 Å². The van der Waals surface area contributed by atoms with E-state index >= 15 is 0 Å². The van der Waals surface area contributed by atoms with Crippen LogP contribution in [0.5, 0.6) is 0 Å². The Balaban J connectivity index is 1.54. The van der Waals surface area contributed by atoms with Crippen LogP contribution in [0.1, 0.15) is 22.3 Å². The van der Waals surface area contributed by atoms with E-state index in [1.165, 1.54) is 17.7 Å². The van der Waals surface area contributed by atoms with Crippen molar-refractivity contribution in [3.63, 3.8) is 0 Å². The smallest absolute Gasteiger partial charge is 0.257 e. The van der Waals surface area contributed by atoms with Crippen LogP contribution in [0.4, 0.5) is 4.39 Å². The van der Waals surface area contributed by atoms with Crippen molar-refractivity contribution in [3.05, 3.63) is 110 Å². The normalized spacial score (nSPS) is 14.0. The molecule has 0 spiro atoms. The Hall–Kier alpha value is -2.83. The molecule has 0 aliphatic carbocycles. The van der Waals surface area contributed by atoms with Crippen LogP contribution < -0.4 is 5.56 Å². The molecule has 0 radical (unpaired) electrons. The fraction of sp³-hybridized carbons (Fsp3) is 0.200. The van der Waals surface area contributed by atoms with Crippen molar-refractivity contribution in [1.82, 2.24) is 14.5 Å². The van der Waals surface area contributed by atoms with Gasteiger partial charge in [0.25, 0.3) is 5.56 Å². The number of aromatic nitrogens is 2. The second-order valence-electron chi connectivity index (χ2n) is 7.94. The average molecular weight is 478 g/mol. The van der Waals surface area contributed by atoms with Crippen LogP contribution in [0, 0.1) is 5.82 Å². The highest BCUT2D eigenvalue weighted by atomic mass is 79.9. The summed E-state index contributed by atoms with van der Waals surface area (Å²) in [6, 6.07) is 18.5. The molecule has 0 atom stereocenters. The minimum atomic E-state index is -0.285. The van der Waals surface area contributed by atoms with Crippen molar-refractivity contribution in [3.8, 4) is 0 Å². The van der Waals surface area contributed by atoms with E-state index in [0.29, 0.717) is 18.7 Å². The van der Waals surface area contributed by atoms with E-state index in [2.05, 4.69) is 37.9 Å². The highest BCUT2D eigenvalue weighted by Crippen LogP contribution is 2.26. The summed E-state index contributed by atoms with van der Waals surface area (Å²) in [6.45, 7) is 2.66. The lowest BCUT2D eigenvalue weighted by atomic mass is 9.97. The molecule has 0 amide bonds. The molecular weight excluding hydrogens is 457 g/mol. The Morgan fingerprint density at radius 1 is 0.968 bits per heavy atom. The molecule has 6 heteroatoms. The highest BCUT2D eigenvalue weighted by Gasteiger charge is 2.24. The molecule has 0 bridgehead atoms. The molecule has 0 N–H and O–H groups in total. The molecule has 4 aromatic rings. The maximum absolute atomic E-state index is 13.6. The van der Waals surface area contributed by atoms with Crippen molar-refractivity contribution in [2.75, 3.05) is 6.54 Å². The third-order valence-corrected chi connectivity index (χ3v) is 6.34. The van der Waals surface area contributed by atoms with Gasteiger partial charge >= 0.3 is 0 Å². The second-order valence-corrected chi connectivity index (χ2v) is 8.86. The van der Waals surface area contributed by atoms with E-state index in [1.807, 2.05) is 24.3 Å². The zero-order valence-electron chi connectivity index (χ0n) is 16.9. The van der Waals surface area contributed by atoms with Gasteiger partial charge in [0, 0.05) is 41.3 Å². The molecule has 1 aliphatic rings. The maximum atomic E-state index is 13.6. The van der Waals surface area contributed by atoms with E-state index in [1.54, 1.807) is 22.9 Å². The number of nitrogens with zero attached hydrogens (tertiary/aromatic N) is 3. The van der Waals surface area contributed by atoms with Crippen LogP contribution in [-0.2, 0) is 26.1 Å². The quantitative estimate of drug-likeness (QED) is 0.419. The summed E-state index contributed by atoms with van der Waals surface area (Å²) in [4.78, 5) is 20.4. The van der Waals surface area contributed by atoms with E-state index in [0.717, 1.165) is 46.1 Å². The van der Waals surface area contributed by atoms with Gasteiger partial charge in [-0.3, -0.25) is 14.3 Å². The molecule has 5 rings (SSSR count). The first-order valence-electron chi connectivity index (χ1n) is 10.3. The monoisotopic (exact) mass is 477 g/mol. The summed E-state index contributed by atoms with van der Waals surface area (Å²) >= 11 is 3.53. The fourth-order valence-electron chi connectivity index (χ4n) is 4.37. The minimum absolute atomic E-state index is 0.00975. The van der Waals surface area contributed by atoms with E-state index in [-0.39, 0.29) is 11.4 Å². The van der Waals surface area contributed by atoms with Gasteiger partial charge in [0.2, 0.25) is 0 Å². The fourth-order valence-corrected chi connectivity index (χ4v) is 4.81. The van der Waals surface area contributed by atoms with Crippen LogP contribution in [0.15, 0.2) is 76.1 Å². The first kappa shape index (κ1) is 20.1. The summed E-state index contributed by atoms with van der Waals surface area (Å²) in [6.07, 6.45) is 2.54. The summed E-state index contributed by atoms with van der Waals surface area (Å²) in [5, 5.41) is 1.03. The van der Waals surface area contributed by atoms with Crippen molar-refractivity contribution in [2.45, 2.75) is 26.1 Å². The number of fused-ring (bicyclic) bond motifs is 3. The number of halogens is 2. The molecule has 3 heterocycles. The molecule has 31 heavy (non-hydrogen) atoms. The summed E-state index contributed by atoms with van der Waals surface area (Å²) in [5.74, 6) is -0.285. The molecule has 2 aromatic heterocycles. The van der Waals surface area contributed by atoms with Gasteiger partial charge in [-0.1, -0.05) is 40.2 Å². The Bertz CT molecular complexity index is 1320. The van der Waals surface area contributed by atoms with Gasteiger partial charge < -0.3 is 0 Å². The first-order valence-corrected chi connectivity index (χ1v) is 11.1. The van der Waals surface area contributed by atoms with Crippen LogP contribution in [0.2, 0.25) is 0 Å². The Morgan fingerprint density at radius 2 is 1.81 bits per heavy atom. The molecule has 156 valence electrons. The molecule has 0 fully saturated rings. The van der Waals surface area contributed by atoms with Crippen LogP contribution in [-0.4, -0.2) is 21.0 Å². The molecular formula is C25H21BrFN3O. The molecule has 0 saturated carbocycles. The average Bonchev–Trinajstić information content (AvgIpc) is 2.78. The molecule has 0 unspecified atom stereocenters. The van der Waals surface area contributed by atoms with Gasteiger partial charge in [-0.2, -0.15) is 0 Å². The number of rotatable bonds is 4. The van der Waals surface area contributed by atoms with Gasteiger partial charge in [-0.25, -0.2) is 9.37 Å². The second kappa shape index (κ2) is 8.36. The van der Waals surface area contributed by atoms with Gasteiger partial charge in [0.1, 0.15) is 11.5 Å². The zero-order chi connectivity index (χ0) is 21.4. The standard InChI is InChI=1S/C25H21BrFN3O/c26-19-4-1-3-18(13-19)14-29-12-10-21-22-5-2-11-28-24(22)30(25(31)23(21)16-29)15-17-6-8-20(27)9-7-17/h1-9,11,13H,10,12,14-16H2. The number of pyridine rings is 2. The third kappa shape index (κ3) is 4.05. The molecule has 4 nitrogen and oxygen atoms in total. The Morgan fingerprint density at radius 3 is 2.61 bits per heavy atom. The molecule has 0 saturated heterocycles. The lowest BCUT2D eigenvalue weighted by Gasteiger charge is -2.30. The summed E-state index contributed by atoms with van der Waals surface area (Å²) in [5.41, 5.74) is 4.71. The minimum Gasteiger partial charge on any atom is -0.294 e. The Kier molecular flexibility index (Phi) is 5.42. The van der Waals surface area contributed by atoms with Crippen molar-refractivity contribution in [2.24, 2.45) is 0 Å². The third-order valence-electron chi connectivity index (χ3n) is 5.84. The van der Waals surface area contributed by atoms with Gasteiger partial charge in [0.05, 0.1) is 6.54 Å². The summed E-state index contributed by atoms with van der Waals surface area (Å²) < 4.78 is 16.1. The van der Waals surface area contributed by atoms with E-state index in [9.17, 15) is 9.18 Å². The number of hydrogen-bond donors (Lipinski definition) is 0. The number of benzene rings is 2. The summed E-state index contributed by atoms with van der Waals surface area (Å²) in [7, 11) is 0. The maximum Gasteiger partial charge on any atom is 0.257 e. The lowest BCUT2D eigenvalue weighted by molar-refractivity contribution is 0.244. The largest absolute Gasteiger partial charge is 0.294 e. The van der Waals surface area contributed by atoms with Gasteiger partial charge in [-0.15, -0.1) is 0 Å². The Labute approximate surface area is 188 Å². The molecule has 2 aromatic carbocycles. The SMILES string of the molecule is O=c1c2c(c3cccnc3n1Cc1ccc(F)cc1)CCN(Cc1cccc(Br)c1)C2. The first-order chi connectivity index (χ1) is 15.1. The predicted molar refractivity (Wildman–Crippen MR) is 123 cm³/mol. The van der Waals surface area contributed by atoms with Gasteiger partial charge in [-0.05, 0) is 59.5 Å². The van der Waals surface area contributed by atoms with E-state index in [4.69, 9.17) is 0 Å². The highest BCUT2D eigenvalue weighted by molar-refractivity contribution is 9.10. The van der Waals surface area contributed by atoms with Crippen LogP contribution in [0.3, 0.4) is 0 Å². The van der Waals surface area contributed by atoms with Gasteiger partial charge in [0.15, 0.2) is 0 Å². The topological polar surface area (TPSA) is 38.1 Å². The van der Waals surface area contributed by atoms with Crippen molar-refractivity contribution >= 4 is 27.0 Å². The van der Waals surface area contributed by atoms with Crippen LogP contribution in [0.25, 0.3) is 11.0 Å². The predicted octanol–water partition coefficient (Wildman–Crippen LogP) is 4.90. The van der Waals surface area contributed by atoms with Crippen LogP contribution >= 0.6 is 15.9 Å². The van der Waals surface area contributed by atoms with E-state index < -0.39 is 0 Å².